The molecule has 0 unspecified atom stereocenters. The van der Waals surface area contributed by atoms with E-state index in [0.29, 0.717) is 29.7 Å². The van der Waals surface area contributed by atoms with Crippen molar-refractivity contribution in [3.05, 3.63) is 116 Å². The molecule has 0 saturated heterocycles. The lowest BCUT2D eigenvalue weighted by atomic mass is 9.96. The van der Waals surface area contributed by atoms with E-state index >= 15 is 0 Å². The normalized spacial score (nSPS) is 12.9. The van der Waals surface area contributed by atoms with Crippen molar-refractivity contribution in [2.24, 2.45) is 0 Å². The predicted octanol–water partition coefficient (Wildman–Crippen LogP) is 6.45. The number of aromatic nitrogens is 4. The zero-order valence-corrected chi connectivity index (χ0v) is 24.4. The molecule has 1 N–H and O–H groups in total. The minimum atomic E-state index is -0.594. The first-order valence-corrected chi connectivity index (χ1v) is 14.1. The van der Waals surface area contributed by atoms with E-state index in [9.17, 15) is 9.59 Å². The van der Waals surface area contributed by atoms with Crippen LogP contribution in [0.15, 0.2) is 86.9 Å². The maximum Gasteiger partial charge on any atom is 0.439 e. The molecule has 0 bridgehead atoms. The third-order valence-corrected chi connectivity index (χ3v) is 7.63. The van der Waals surface area contributed by atoms with E-state index in [1.54, 1.807) is 4.57 Å². The number of nitrogens with one attached hydrogen (secondary N) is 1. The zero-order chi connectivity index (χ0) is 28.3. The summed E-state index contributed by atoms with van der Waals surface area (Å²) in [5, 5.41) is 3.85. The highest BCUT2D eigenvalue weighted by Gasteiger charge is 2.20. The Balaban J connectivity index is 0.00000353. The van der Waals surface area contributed by atoms with Crippen molar-refractivity contribution in [1.82, 2.24) is 19.7 Å². The summed E-state index contributed by atoms with van der Waals surface area (Å²) in [5.74, 6) is 1.29. The second-order valence-electron chi connectivity index (χ2n) is 10.5. The molecule has 2 aromatic heterocycles. The summed E-state index contributed by atoms with van der Waals surface area (Å²) in [5.41, 5.74) is 5.95. The van der Waals surface area contributed by atoms with Crippen LogP contribution in [0.3, 0.4) is 0 Å². The van der Waals surface area contributed by atoms with Gasteiger partial charge in [-0.15, -0.1) is 12.4 Å². The van der Waals surface area contributed by atoms with Crippen molar-refractivity contribution in [2.75, 3.05) is 0 Å². The standard InChI is InChI=1S/C33H32N4O4.ClH/c1-3-7-30-29(32(38)37(21(2)34-30)24-16-18-26(19-17-24)40-25-8-6-9-25)20-22-12-14-23(15-13-22)27-10-4-5-11-28(27)31-35-33(39)41-36-31;/h4-5,10-19,25H,3,6-9,20H2,1-2H3,(H,35,36,39);1H. The van der Waals surface area contributed by atoms with Gasteiger partial charge in [0.1, 0.15) is 11.6 Å². The molecule has 9 heteroatoms. The number of ether oxygens (including phenoxy) is 1. The molecular weight excluding hydrogens is 552 g/mol. The first kappa shape index (κ1) is 29.1. The predicted molar refractivity (Wildman–Crippen MR) is 165 cm³/mol. The van der Waals surface area contributed by atoms with Gasteiger partial charge < -0.3 is 4.74 Å². The fraction of sp³-hybridized carbons (Fsp3) is 0.273. The maximum absolute atomic E-state index is 13.9. The fourth-order valence-corrected chi connectivity index (χ4v) is 5.29. The van der Waals surface area contributed by atoms with Crippen molar-refractivity contribution in [3.8, 4) is 34.0 Å². The number of hydrogen-bond acceptors (Lipinski definition) is 6. The van der Waals surface area contributed by atoms with Gasteiger partial charge in [-0.25, -0.2) is 9.78 Å². The molecule has 1 aliphatic rings. The minimum Gasteiger partial charge on any atom is -0.490 e. The average Bonchev–Trinajstić information content (AvgIpc) is 3.40. The SMILES string of the molecule is CCCc1nc(C)n(-c2ccc(OC3CCC3)cc2)c(=O)c1Cc1ccc(-c2ccccc2-c2noc(=O)[nH]2)cc1.Cl. The Morgan fingerprint density at radius 2 is 1.69 bits per heavy atom. The lowest BCUT2D eigenvalue weighted by Gasteiger charge is -2.26. The van der Waals surface area contributed by atoms with Crippen molar-refractivity contribution in [2.45, 2.75) is 58.5 Å². The molecule has 5 aromatic rings. The molecule has 1 saturated carbocycles. The molecule has 2 heterocycles. The van der Waals surface area contributed by atoms with Crippen molar-refractivity contribution in [3.63, 3.8) is 0 Å². The average molecular weight is 585 g/mol. The van der Waals surface area contributed by atoms with Crippen LogP contribution in [0.25, 0.3) is 28.2 Å². The van der Waals surface area contributed by atoms with Crippen LogP contribution in [0.4, 0.5) is 0 Å². The molecule has 0 radical (unpaired) electrons. The van der Waals surface area contributed by atoms with E-state index in [1.807, 2.05) is 79.7 Å². The van der Waals surface area contributed by atoms with Gasteiger partial charge in [0.25, 0.3) is 5.56 Å². The topological polar surface area (TPSA) is 103 Å². The van der Waals surface area contributed by atoms with E-state index in [1.165, 1.54) is 6.42 Å². The molecule has 3 aromatic carbocycles. The van der Waals surface area contributed by atoms with Gasteiger partial charge in [-0.1, -0.05) is 67.0 Å². The maximum atomic E-state index is 13.9. The smallest absolute Gasteiger partial charge is 0.439 e. The molecule has 0 atom stereocenters. The van der Waals surface area contributed by atoms with Crippen LogP contribution in [-0.4, -0.2) is 25.8 Å². The Kier molecular flexibility index (Phi) is 8.73. The number of nitrogens with zero attached hydrogens (tertiary/aromatic N) is 3. The van der Waals surface area contributed by atoms with Crippen LogP contribution in [0.2, 0.25) is 0 Å². The number of aryl methyl sites for hydroxylation is 2. The van der Waals surface area contributed by atoms with Gasteiger partial charge in [0.05, 0.1) is 17.5 Å². The molecule has 216 valence electrons. The number of hydrogen-bond donors (Lipinski definition) is 1. The number of rotatable bonds is 9. The van der Waals surface area contributed by atoms with Crippen molar-refractivity contribution >= 4 is 12.4 Å². The van der Waals surface area contributed by atoms with Crippen LogP contribution in [0.5, 0.6) is 5.75 Å². The molecule has 0 aliphatic heterocycles. The fourth-order valence-electron chi connectivity index (χ4n) is 5.29. The molecule has 42 heavy (non-hydrogen) atoms. The summed E-state index contributed by atoms with van der Waals surface area (Å²) in [6.07, 6.45) is 5.83. The highest BCUT2D eigenvalue weighted by atomic mass is 35.5. The van der Waals surface area contributed by atoms with E-state index in [0.717, 1.165) is 65.1 Å². The van der Waals surface area contributed by atoms with Gasteiger partial charge in [-0.2, -0.15) is 0 Å². The van der Waals surface area contributed by atoms with Gasteiger partial charge in [-0.3, -0.25) is 18.9 Å². The minimum absolute atomic E-state index is 0. The van der Waals surface area contributed by atoms with E-state index in [2.05, 4.69) is 17.1 Å². The lowest BCUT2D eigenvalue weighted by Crippen LogP contribution is -2.28. The van der Waals surface area contributed by atoms with Crippen LogP contribution < -0.4 is 16.1 Å². The Morgan fingerprint density at radius 3 is 2.31 bits per heavy atom. The highest BCUT2D eigenvalue weighted by Crippen LogP contribution is 2.30. The van der Waals surface area contributed by atoms with Gasteiger partial charge in [0, 0.05) is 17.5 Å². The summed E-state index contributed by atoms with van der Waals surface area (Å²) in [7, 11) is 0. The number of aromatic amines is 1. The monoisotopic (exact) mass is 584 g/mol. The molecule has 8 nitrogen and oxygen atoms in total. The Hall–Kier alpha value is -4.43. The van der Waals surface area contributed by atoms with Gasteiger partial charge >= 0.3 is 5.76 Å². The summed E-state index contributed by atoms with van der Waals surface area (Å²) >= 11 is 0. The third kappa shape index (κ3) is 5.94. The zero-order valence-electron chi connectivity index (χ0n) is 23.6. The van der Waals surface area contributed by atoms with Crippen LogP contribution in [0, 0.1) is 6.92 Å². The summed E-state index contributed by atoms with van der Waals surface area (Å²) in [6, 6.07) is 23.5. The molecule has 0 amide bonds. The van der Waals surface area contributed by atoms with Crippen molar-refractivity contribution < 1.29 is 9.26 Å². The second-order valence-corrected chi connectivity index (χ2v) is 10.5. The first-order chi connectivity index (χ1) is 20.0. The number of H-pyrrole nitrogens is 1. The Bertz CT molecular complexity index is 1790. The van der Waals surface area contributed by atoms with E-state index < -0.39 is 5.76 Å². The van der Waals surface area contributed by atoms with E-state index in [-0.39, 0.29) is 18.0 Å². The van der Waals surface area contributed by atoms with E-state index in [4.69, 9.17) is 14.2 Å². The van der Waals surface area contributed by atoms with Gasteiger partial charge in [0.2, 0.25) is 0 Å². The number of halogens is 1. The second kappa shape index (κ2) is 12.6. The van der Waals surface area contributed by atoms with Gasteiger partial charge in [-0.05, 0) is 73.6 Å². The molecular formula is C33H33ClN4O4. The summed E-state index contributed by atoms with van der Waals surface area (Å²) in [6.45, 7) is 3.99. The molecule has 0 spiro atoms. The highest BCUT2D eigenvalue weighted by molar-refractivity contribution is 5.85. The van der Waals surface area contributed by atoms with Crippen LogP contribution >= 0.6 is 12.4 Å². The Morgan fingerprint density at radius 1 is 0.976 bits per heavy atom. The molecule has 1 fully saturated rings. The molecule has 1 aliphatic carbocycles. The lowest BCUT2D eigenvalue weighted by molar-refractivity contribution is 0.120. The first-order valence-electron chi connectivity index (χ1n) is 14.1. The van der Waals surface area contributed by atoms with Crippen LogP contribution in [0.1, 0.15) is 55.3 Å². The third-order valence-electron chi connectivity index (χ3n) is 7.63. The Labute approximate surface area is 249 Å². The quantitative estimate of drug-likeness (QED) is 0.214. The molecule has 6 rings (SSSR count). The van der Waals surface area contributed by atoms with Gasteiger partial charge in [0.15, 0.2) is 5.82 Å². The number of benzene rings is 3. The largest absolute Gasteiger partial charge is 0.490 e. The summed E-state index contributed by atoms with van der Waals surface area (Å²) in [4.78, 5) is 33.0. The van der Waals surface area contributed by atoms with Crippen molar-refractivity contribution in [1.29, 1.82) is 0 Å². The van der Waals surface area contributed by atoms with Crippen LogP contribution in [-0.2, 0) is 12.8 Å². The summed E-state index contributed by atoms with van der Waals surface area (Å²) < 4.78 is 12.4.